The molecule has 19 heavy (non-hydrogen) atoms. The number of hydrogen-bond donors (Lipinski definition) is 1. The molecule has 2 rings (SSSR count). The van der Waals surface area contributed by atoms with E-state index in [-0.39, 0.29) is 12.3 Å². The summed E-state index contributed by atoms with van der Waals surface area (Å²) in [7, 11) is 0. The highest BCUT2D eigenvalue weighted by atomic mass is 16.5. The van der Waals surface area contributed by atoms with Gasteiger partial charge in [0.05, 0.1) is 24.7 Å². The summed E-state index contributed by atoms with van der Waals surface area (Å²) in [5.41, 5.74) is 1.44. The fourth-order valence-electron chi connectivity index (χ4n) is 2.08. The van der Waals surface area contributed by atoms with Gasteiger partial charge in [-0.3, -0.25) is 14.6 Å². The molecule has 0 bridgehead atoms. The van der Waals surface area contributed by atoms with Crippen molar-refractivity contribution in [1.29, 1.82) is 0 Å². The molecule has 1 fully saturated rings. The van der Waals surface area contributed by atoms with Crippen molar-refractivity contribution in [2.75, 3.05) is 19.7 Å². The molecule has 0 saturated carbocycles. The second-order valence-electron chi connectivity index (χ2n) is 4.59. The predicted molar refractivity (Wildman–Crippen MR) is 66.9 cm³/mol. The van der Waals surface area contributed by atoms with Crippen molar-refractivity contribution >= 4 is 11.9 Å². The highest BCUT2D eigenvalue weighted by Crippen LogP contribution is 2.13. The summed E-state index contributed by atoms with van der Waals surface area (Å²) in [6.45, 7) is 3.02. The number of morpholine rings is 1. The molecule has 0 aliphatic carbocycles. The maximum atomic E-state index is 12.3. The van der Waals surface area contributed by atoms with Crippen LogP contribution in [0.25, 0.3) is 0 Å². The largest absolute Gasteiger partial charge is 0.481 e. The number of aryl methyl sites for hydroxylation is 1. The van der Waals surface area contributed by atoms with Gasteiger partial charge >= 0.3 is 5.97 Å². The van der Waals surface area contributed by atoms with Crippen LogP contribution >= 0.6 is 0 Å². The lowest BCUT2D eigenvalue weighted by molar-refractivity contribution is -0.141. The summed E-state index contributed by atoms with van der Waals surface area (Å²) >= 11 is 0. The van der Waals surface area contributed by atoms with Crippen LogP contribution in [0.15, 0.2) is 18.5 Å². The van der Waals surface area contributed by atoms with E-state index in [1.54, 1.807) is 17.2 Å². The van der Waals surface area contributed by atoms with Gasteiger partial charge in [-0.2, -0.15) is 0 Å². The first kappa shape index (κ1) is 13.5. The molecular weight excluding hydrogens is 248 g/mol. The van der Waals surface area contributed by atoms with E-state index in [9.17, 15) is 9.59 Å². The minimum Gasteiger partial charge on any atom is -0.481 e. The summed E-state index contributed by atoms with van der Waals surface area (Å²) in [4.78, 5) is 28.5. The molecule has 1 aromatic rings. The van der Waals surface area contributed by atoms with Crippen LogP contribution in [-0.2, 0) is 9.53 Å². The Morgan fingerprint density at radius 2 is 2.32 bits per heavy atom. The molecule has 1 aliphatic heterocycles. The van der Waals surface area contributed by atoms with Crippen molar-refractivity contribution in [1.82, 2.24) is 9.88 Å². The summed E-state index contributed by atoms with van der Waals surface area (Å²) in [5.74, 6) is -1.05. The highest BCUT2D eigenvalue weighted by molar-refractivity contribution is 5.94. The van der Waals surface area contributed by atoms with E-state index in [4.69, 9.17) is 9.84 Å². The Bertz CT molecular complexity index is 489. The van der Waals surface area contributed by atoms with Gasteiger partial charge < -0.3 is 14.7 Å². The topological polar surface area (TPSA) is 79.7 Å². The monoisotopic (exact) mass is 264 g/mol. The van der Waals surface area contributed by atoms with Gasteiger partial charge in [0.25, 0.3) is 5.91 Å². The number of pyridine rings is 1. The van der Waals surface area contributed by atoms with Gasteiger partial charge in [-0.15, -0.1) is 0 Å². The van der Waals surface area contributed by atoms with Crippen LogP contribution in [0.4, 0.5) is 0 Å². The minimum absolute atomic E-state index is 0.0875. The fraction of sp³-hybridized carbons (Fsp3) is 0.462. The molecule has 6 heteroatoms. The number of aromatic nitrogens is 1. The Hall–Kier alpha value is -1.95. The highest BCUT2D eigenvalue weighted by Gasteiger charge is 2.26. The lowest BCUT2D eigenvalue weighted by Crippen LogP contribution is -2.46. The van der Waals surface area contributed by atoms with Crippen molar-refractivity contribution in [3.05, 3.63) is 29.6 Å². The maximum Gasteiger partial charge on any atom is 0.306 e. The second-order valence-corrected chi connectivity index (χ2v) is 4.59. The van der Waals surface area contributed by atoms with Gasteiger partial charge in [0.1, 0.15) is 0 Å². The van der Waals surface area contributed by atoms with Crippen molar-refractivity contribution in [3.8, 4) is 0 Å². The van der Waals surface area contributed by atoms with E-state index in [0.717, 1.165) is 5.56 Å². The van der Waals surface area contributed by atoms with E-state index in [1.165, 1.54) is 6.20 Å². The number of hydrogen-bond acceptors (Lipinski definition) is 4. The molecule has 1 aliphatic rings. The number of nitrogens with zero attached hydrogens (tertiary/aromatic N) is 2. The number of carbonyl (C=O) groups excluding carboxylic acids is 1. The van der Waals surface area contributed by atoms with Crippen LogP contribution in [0.3, 0.4) is 0 Å². The number of aliphatic carboxylic acids is 1. The lowest BCUT2D eigenvalue weighted by Gasteiger charge is -2.32. The molecule has 6 nitrogen and oxygen atoms in total. The van der Waals surface area contributed by atoms with E-state index >= 15 is 0 Å². The number of rotatable bonds is 3. The van der Waals surface area contributed by atoms with E-state index in [0.29, 0.717) is 25.3 Å². The first-order valence-corrected chi connectivity index (χ1v) is 6.10. The lowest BCUT2D eigenvalue weighted by atomic mass is 10.1. The summed E-state index contributed by atoms with van der Waals surface area (Å²) < 4.78 is 5.34. The van der Waals surface area contributed by atoms with Crippen molar-refractivity contribution in [2.45, 2.75) is 19.4 Å². The zero-order valence-electron chi connectivity index (χ0n) is 10.7. The molecule has 1 saturated heterocycles. The molecule has 0 aromatic carbocycles. The average Bonchev–Trinajstić information content (AvgIpc) is 2.37. The zero-order valence-corrected chi connectivity index (χ0v) is 10.7. The summed E-state index contributed by atoms with van der Waals surface area (Å²) in [6, 6.07) is 1.77. The Morgan fingerprint density at radius 3 is 3.00 bits per heavy atom. The molecular formula is C13H16N2O4. The first-order valence-electron chi connectivity index (χ1n) is 6.10. The third-order valence-corrected chi connectivity index (χ3v) is 2.95. The van der Waals surface area contributed by atoms with Crippen LogP contribution < -0.4 is 0 Å². The fourth-order valence-corrected chi connectivity index (χ4v) is 2.08. The molecule has 1 amide bonds. The minimum atomic E-state index is -0.920. The van der Waals surface area contributed by atoms with Crippen molar-refractivity contribution in [2.24, 2.45) is 0 Å². The first-order chi connectivity index (χ1) is 9.06. The summed E-state index contributed by atoms with van der Waals surface area (Å²) in [6.07, 6.45) is 2.68. The smallest absolute Gasteiger partial charge is 0.306 e. The van der Waals surface area contributed by atoms with E-state index < -0.39 is 12.1 Å². The number of carboxylic acid groups (broad SMARTS) is 1. The number of carbonyl (C=O) groups is 2. The molecule has 2 heterocycles. The van der Waals surface area contributed by atoms with Crippen LogP contribution in [0.1, 0.15) is 22.3 Å². The molecule has 1 N–H and O–H groups in total. The molecule has 0 radical (unpaired) electrons. The number of ether oxygens (including phenoxy) is 1. The Morgan fingerprint density at radius 1 is 1.53 bits per heavy atom. The molecule has 0 spiro atoms. The average molecular weight is 264 g/mol. The van der Waals surface area contributed by atoms with Gasteiger partial charge in [0.2, 0.25) is 0 Å². The quantitative estimate of drug-likeness (QED) is 0.869. The van der Waals surface area contributed by atoms with Gasteiger partial charge in [-0.1, -0.05) is 0 Å². The standard InChI is InChI=1S/C13H16N2O4/c1-9-4-10(7-14-6-9)13(18)15-2-3-19-11(8-15)5-12(16)17/h4,6-7,11H,2-3,5,8H2,1H3,(H,16,17). The second kappa shape index (κ2) is 5.79. The van der Waals surface area contributed by atoms with Gasteiger partial charge in [0.15, 0.2) is 0 Å². The SMILES string of the molecule is Cc1cncc(C(=O)N2CCOC(CC(=O)O)C2)c1. The zero-order chi connectivity index (χ0) is 13.8. The molecule has 1 aromatic heterocycles. The van der Waals surface area contributed by atoms with E-state index in [2.05, 4.69) is 4.98 Å². The normalized spacial score (nSPS) is 19.2. The third kappa shape index (κ3) is 3.51. The van der Waals surface area contributed by atoms with E-state index in [1.807, 2.05) is 6.92 Å². The van der Waals surface area contributed by atoms with Crippen molar-refractivity contribution < 1.29 is 19.4 Å². The summed E-state index contributed by atoms with van der Waals surface area (Å²) in [5, 5.41) is 8.75. The Kier molecular flexibility index (Phi) is 4.11. The Balaban J connectivity index is 2.04. The Labute approximate surface area is 111 Å². The molecule has 102 valence electrons. The maximum absolute atomic E-state index is 12.3. The third-order valence-electron chi connectivity index (χ3n) is 2.95. The van der Waals surface area contributed by atoms with Gasteiger partial charge in [-0.25, -0.2) is 0 Å². The van der Waals surface area contributed by atoms with Crippen LogP contribution in [0.5, 0.6) is 0 Å². The predicted octanol–water partition coefficient (Wildman–Crippen LogP) is 0.706. The van der Waals surface area contributed by atoms with Crippen LogP contribution in [0, 0.1) is 6.92 Å². The molecule has 1 atom stereocenters. The van der Waals surface area contributed by atoms with Gasteiger partial charge in [0, 0.05) is 25.5 Å². The molecule has 1 unspecified atom stereocenters. The van der Waals surface area contributed by atoms with Crippen molar-refractivity contribution in [3.63, 3.8) is 0 Å². The van der Waals surface area contributed by atoms with Crippen LogP contribution in [0.2, 0.25) is 0 Å². The van der Waals surface area contributed by atoms with Gasteiger partial charge in [-0.05, 0) is 18.6 Å². The number of amides is 1. The van der Waals surface area contributed by atoms with Crippen LogP contribution in [-0.4, -0.2) is 52.7 Å². The number of carboxylic acids is 1.